The van der Waals surface area contributed by atoms with Gasteiger partial charge in [0.05, 0.1) is 11.3 Å². The van der Waals surface area contributed by atoms with Crippen molar-refractivity contribution < 1.29 is 27.1 Å². The van der Waals surface area contributed by atoms with Gasteiger partial charge in [-0.1, -0.05) is 0 Å². The highest BCUT2D eigenvalue weighted by atomic mass is 32.2. The zero-order valence-electron chi connectivity index (χ0n) is 7.98. The lowest BCUT2D eigenvalue weighted by Gasteiger charge is -2.04. The van der Waals surface area contributed by atoms with Gasteiger partial charge in [0.15, 0.2) is 9.84 Å². The SMILES string of the molecule is O=C(O)c1ccc(F)c(S(=O)(=O)CCF)c1. The minimum atomic E-state index is -4.11. The van der Waals surface area contributed by atoms with E-state index in [0.717, 1.165) is 12.1 Å². The summed E-state index contributed by atoms with van der Waals surface area (Å²) in [5.74, 6) is -3.33. The molecule has 0 radical (unpaired) electrons. The first-order valence-electron chi connectivity index (χ1n) is 4.20. The number of alkyl halides is 1. The normalized spacial score (nSPS) is 11.4. The van der Waals surface area contributed by atoms with Gasteiger partial charge in [-0.15, -0.1) is 0 Å². The number of carboxylic acid groups (broad SMARTS) is 1. The van der Waals surface area contributed by atoms with E-state index in [0.29, 0.717) is 6.07 Å². The van der Waals surface area contributed by atoms with E-state index in [4.69, 9.17) is 5.11 Å². The number of aromatic carboxylic acids is 1. The number of hydrogen-bond donors (Lipinski definition) is 1. The number of halogens is 2. The van der Waals surface area contributed by atoms with Gasteiger partial charge >= 0.3 is 5.97 Å². The summed E-state index contributed by atoms with van der Waals surface area (Å²) < 4.78 is 47.8. The van der Waals surface area contributed by atoms with E-state index >= 15 is 0 Å². The lowest BCUT2D eigenvalue weighted by molar-refractivity contribution is 0.0696. The van der Waals surface area contributed by atoms with Crippen LogP contribution in [-0.4, -0.2) is 31.9 Å². The molecule has 0 bridgehead atoms. The van der Waals surface area contributed by atoms with Crippen LogP contribution in [0.4, 0.5) is 8.78 Å². The van der Waals surface area contributed by atoms with Crippen molar-refractivity contribution in [2.45, 2.75) is 4.90 Å². The van der Waals surface area contributed by atoms with Crippen LogP contribution in [0.25, 0.3) is 0 Å². The molecule has 4 nitrogen and oxygen atoms in total. The molecule has 1 aromatic carbocycles. The fourth-order valence-electron chi connectivity index (χ4n) is 1.09. The summed E-state index contributed by atoms with van der Waals surface area (Å²) in [4.78, 5) is 9.77. The standard InChI is InChI=1S/C9H8F2O4S/c10-3-4-16(14,15)8-5-6(9(12)13)1-2-7(8)11/h1-2,5H,3-4H2,(H,12,13). The molecule has 0 aliphatic carbocycles. The first kappa shape index (κ1) is 12.6. The van der Waals surface area contributed by atoms with Crippen molar-refractivity contribution >= 4 is 15.8 Å². The van der Waals surface area contributed by atoms with Gasteiger partial charge in [0, 0.05) is 0 Å². The number of benzene rings is 1. The number of rotatable bonds is 4. The van der Waals surface area contributed by atoms with Crippen molar-refractivity contribution in [1.82, 2.24) is 0 Å². The Bertz CT molecular complexity index is 510. The number of hydrogen-bond acceptors (Lipinski definition) is 3. The summed E-state index contributed by atoms with van der Waals surface area (Å²) in [6.07, 6.45) is 0. The summed E-state index contributed by atoms with van der Waals surface area (Å²) in [7, 11) is -4.11. The molecule has 0 amide bonds. The quantitative estimate of drug-likeness (QED) is 0.873. The van der Waals surface area contributed by atoms with Crippen molar-refractivity contribution in [2.24, 2.45) is 0 Å². The van der Waals surface area contributed by atoms with E-state index in [9.17, 15) is 22.0 Å². The Balaban J connectivity index is 3.33. The van der Waals surface area contributed by atoms with Crippen molar-refractivity contribution in [3.05, 3.63) is 29.6 Å². The van der Waals surface area contributed by atoms with Gasteiger partial charge in [0.1, 0.15) is 17.4 Å². The molecular formula is C9H8F2O4S. The number of carboxylic acids is 1. The average Bonchev–Trinajstić information content (AvgIpc) is 2.17. The third-order valence-electron chi connectivity index (χ3n) is 1.86. The van der Waals surface area contributed by atoms with Crippen molar-refractivity contribution in [3.63, 3.8) is 0 Å². The van der Waals surface area contributed by atoms with Gasteiger partial charge in [-0.2, -0.15) is 0 Å². The maximum Gasteiger partial charge on any atom is 0.335 e. The summed E-state index contributed by atoms with van der Waals surface area (Å²) in [5, 5.41) is 8.60. The van der Waals surface area contributed by atoms with Gasteiger partial charge in [-0.3, -0.25) is 0 Å². The molecule has 0 fully saturated rings. The molecule has 0 unspecified atom stereocenters. The van der Waals surface area contributed by atoms with Crippen LogP contribution in [0.1, 0.15) is 10.4 Å². The van der Waals surface area contributed by atoms with Crippen LogP contribution >= 0.6 is 0 Å². The van der Waals surface area contributed by atoms with Gasteiger partial charge < -0.3 is 5.11 Å². The molecule has 0 aliphatic heterocycles. The minimum Gasteiger partial charge on any atom is -0.478 e. The number of carbonyl (C=O) groups is 1. The van der Waals surface area contributed by atoms with Crippen LogP contribution in [0.2, 0.25) is 0 Å². The molecule has 0 aliphatic rings. The third-order valence-corrected chi connectivity index (χ3v) is 3.53. The molecule has 0 aromatic heterocycles. The monoisotopic (exact) mass is 250 g/mol. The van der Waals surface area contributed by atoms with E-state index in [1.165, 1.54) is 0 Å². The zero-order chi connectivity index (χ0) is 12.3. The second-order valence-corrected chi connectivity index (χ2v) is 5.04. The van der Waals surface area contributed by atoms with E-state index < -0.39 is 38.9 Å². The van der Waals surface area contributed by atoms with Gasteiger partial charge in [0.2, 0.25) is 0 Å². The fourth-order valence-corrected chi connectivity index (χ4v) is 2.18. The average molecular weight is 250 g/mol. The molecule has 0 atom stereocenters. The Kier molecular flexibility index (Phi) is 3.58. The van der Waals surface area contributed by atoms with Crippen molar-refractivity contribution in [1.29, 1.82) is 0 Å². The summed E-state index contributed by atoms with van der Waals surface area (Å²) in [6.45, 7) is -1.15. The smallest absolute Gasteiger partial charge is 0.335 e. The summed E-state index contributed by atoms with van der Waals surface area (Å²) in [6, 6.07) is 2.35. The Hall–Kier alpha value is -1.50. The molecule has 7 heteroatoms. The van der Waals surface area contributed by atoms with Gasteiger partial charge in [-0.25, -0.2) is 22.0 Å². The van der Waals surface area contributed by atoms with Crippen LogP contribution in [0.3, 0.4) is 0 Å². The third kappa shape index (κ3) is 2.54. The summed E-state index contributed by atoms with van der Waals surface area (Å²) in [5.41, 5.74) is -0.362. The Labute approximate surface area is 90.4 Å². The maximum absolute atomic E-state index is 13.2. The topological polar surface area (TPSA) is 71.4 Å². The van der Waals surface area contributed by atoms with Crippen LogP contribution in [-0.2, 0) is 9.84 Å². The van der Waals surface area contributed by atoms with Crippen molar-refractivity contribution in [2.75, 3.05) is 12.4 Å². The van der Waals surface area contributed by atoms with E-state index in [1.54, 1.807) is 0 Å². The fraction of sp³-hybridized carbons (Fsp3) is 0.222. The molecule has 1 N–H and O–H groups in total. The van der Waals surface area contributed by atoms with Crippen LogP contribution in [0.15, 0.2) is 23.1 Å². The Morgan fingerprint density at radius 2 is 2.00 bits per heavy atom. The molecule has 88 valence electrons. The van der Waals surface area contributed by atoms with Crippen LogP contribution < -0.4 is 0 Å². The highest BCUT2D eigenvalue weighted by Gasteiger charge is 2.20. The highest BCUT2D eigenvalue weighted by molar-refractivity contribution is 7.91. The van der Waals surface area contributed by atoms with Crippen LogP contribution in [0.5, 0.6) is 0 Å². The molecular weight excluding hydrogens is 242 g/mol. The predicted molar refractivity (Wildman–Crippen MR) is 51.4 cm³/mol. The predicted octanol–water partition coefficient (Wildman–Crippen LogP) is 1.27. The molecule has 0 spiro atoms. The van der Waals surface area contributed by atoms with Crippen LogP contribution in [0, 0.1) is 5.82 Å². The molecule has 16 heavy (non-hydrogen) atoms. The van der Waals surface area contributed by atoms with E-state index in [-0.39, 0.29) is 5.56 Å². The first-order chi connectivity index (χ1) is 7.38. The minimum absolute atomic E-state index is 0.362. The molecule has 0 saturated heterocycles. The van der Waals surface area contributed by atoms with Gasteiger partial charge in [-0.05, 0) is 18.2 Å². The van der Waals surface area contributed by atoms with Crippen molar-refractivity contribution in [3.8, 4) is 0 Å². The lowest BCUT2D eigenvalue weighted by Crippen LogP contribution is -2.11. The van der Waals surface area contributed by atoms with E-state index in [1.807, 2.05) is 0 Å². The van der Waals surface area contributed by atoms with Gasteiger partial charge in [0.25, 0.3) is 0 Å². The number of sulfone groups is 1. The summed E-state index contributed by atoms with van der Waals surface area (Å²) >= 11 is 0. The zero-order valence-corrected chi connectivity index (χ0v) is 8.80. The molecule has 1 rings (SSSR count). The second kappa shape index (κ2) is 4.56. The molecule has 0 heterocycles. The maximum atomic E-state index is 13.2. The molecule has 1 aromatic rings. The molecule has 0 saturated carbocycles. The lowest BCUT2D eigenvalue weighted by atomic mass is 10.2. The Morgan fingerprint density at radius 1 is 1.38 bits per heavy atom. The highest BCUT2D eigenvalue weighted by Crippen LogP contribution is 2.18. The second-order valence-electron chi connectivity index (χ2n) is 2.96. The van der Waals surface area contributed by atoms with E-state index in [2.05, 4.69) is 0 Å². The largest absolute Gasteiger partial charge is 0.478 e. The Morgan fingerprint density at radius 3 is 2.50 bits per heavy atom. The first-order valence-corrected chi connectivity index (χ1v) is 5.85.